The first-order valence-electron chi connectivity index (χ1n) is 7.89. The fraction of sp³-hybridized carbons (Fsp3) is 0.100. The molecular weight excluding hydrogens is 354 g/mol. The highest BCUT2D eigenvalue weighted by atomic mass is 35.5. The molecule has 0 spiro atoms. The summed E-state index contributed by atoms with van der Waals surface area (Å²) in [4.78, 5) is 16.0. The molecule has 1 aromatic heterocycles. The highest BCUT2D eigenvalue weighted by Crippen LogP contribution is 2.23. The van der Waals surface area contributed by atoms with Crippen LogP contribution < -0.4 is 14.2 Å². The lowest BCUT2D eigenvalue weighted by atomic mass is 10.2. The van der Waals surface area contributed by atoms with Crippen molar-refractivity contribution < 1.29 is 19.0 Å². The predicted molar refractivity (Wildman–Crippen MR) is 98.1 cm³/mol. The average molecular weight is 370 g/mol. The van der Waals surface area contributed by atoms with E-state index in [1.165, 1.54) is 0 Å². The number of halogens is 1. The molecule has 0 radical (unpaired) electrons. The number of aryl methyl sites for hydroxylation is 1. The minimum atomic E-state index is -0.496. The van der Waals surface area contributed by atoms with E-state index in [0.717, 1.165) is 5.56 Å². The van der Waals surface area contributed by atoms with E-state index in [4.69, 9.17) is 25.8 Å². The number of aromatic nitrogens is 1. The van der Waals surface area contributed by atoms with E-state index in [2.05, 4.69) is 4.98 Å². The van der Waals surface area contributed by atoms with E-state index in [1.54, 1.807) is 54.7 Å². The van der Waals surface area contributed by atoms with Crippen LogP contribution >= 0.6 is 11.6 Å². The van der Waals surface area contributed by atoms with Gasteiger partial charge >= 0.3 is 5.97 Å². The standard InChI is InChI=1S/C20H16ClNO4/c1-14-12-15(21)5-10-18(14)26-20(23)13-24-16-6-8-17(9-7-16)25-19-4-2-3-11-22-19/h2-12H,13H2,1H3. The fourth-order valence-corrected chi connectivity index (χ4v) is 2.38. The molecule has 6 heteroatoms. The molecule has 0 bridgehead atoms. The Labute approximate surface area is 156 Å². The number of ether oxygens (including phenoxy) is 3. The van der Waals surface area contributed by atoms with Gasteiger partial charge in [0.1, 0.15) is 17.2 Å². The van der Waals surface area contributed by atoms with E-state index in [1.807, 2.05) is 19.1 Å². The first kappa shape index (κ1) is 17.8. The minimum Gasteiger partial charge on any atom is -0.482 e. The highest BCUT2D eigenvalue weighted by Gasteiger charge is 2.09. The summed E-state index contributed by atoms with van der Waals surface area (Å²) in [5.41, 5.74) is 0.780. The van der Waals surface area contributed by atoms with E-state index in [0.29, 0.717) is 28.2 Å². The van der Waals surface area contributed by atoms with E-state index < -0.39 is 5.97 Å². The Morgan fingerprint density at radius 3 is 2.50 bits per heavy atom. The molecule has 0 unspecified atom stereocenters. The maximum atomic E-state index is 11.9. The third-order valence-electron chi connectivity index (χ3n) is 3.40. The molecule has 2 aromatic carbocycles. The second kappa shape index (κ2) is 8.36. The van der Waals surface area contributed by atoms with Gasteiger partial charge in [-0.05, 0) is 61.0 Å². The average Bonchev–Trinajstić information content (AvgIpc) is 2.64. The second-order valence-corrected chi connectivity index (χ2v) is 5.85. The zero-order valence-electron chi connectivity index (χ0n) is 14.0. The number of hydrogen-bond acceptors (Lipinski definition) is 5. The van der Waals surface area contributed by atoms with Gasteiger partial charge in [0.05, 0.1) is 0 Å². The number of esters is 1. The maximum Gasteiger partial charge on any atom is 0.349 e. The maximum absolute atomic E-state index is 11.9. The van der Waals surface area contributed by atoms with Crippen molar-refractivity contribution >= 4 is 17.6 Å². The first-order valence-corrected chi connectivity index (χ1v) is 8.26. The zero-order chi connectivity index (χ0) is 18.4. The Bertz CT molecular complexity index is 882. The molecule has 0 aliphatic carbocycles. The highest BCUT2D eigenvalue weighted by molar-refractivity contribution is 6.30. The van der Waals surface area contributed by atoms with Crippen LogP contribution in [0.25, 0.3) is 0 Å². The molecule has 0 atom stereocenters. The number of carbonyl (C=O) groups is 1. The number of pyridine rings is 1. The van der Waals surface area contributed by atoms with Gasteiger partial charge in [-0.1, -0.05) is 17.7 Å². The molecule has 0 saturated heterocycles. The first-order chi connectivity index (χ1) is 12.6. The normalized spacial score (nSPS) is 10.2. The lowest BCUT2D eigenvalue weighted by molar-refractivity contribution is -0.136. The van der Waals surface area contributed by atoms with Crippen molar-refractivity contribution in [1.29, 1.82) is 0 Å². The molecule has 132 valence electrons. The van der Waals surface area contributed by atoms with E-state index in [-0.39, 0.29) is 6.61 Å². The lowest BCUT2D eigenvalue weighted by Crippen LogP contribution is -2.18. The van der Waals surface area contributed by atoms with Gasteiger partial charge in [0.2, 0.25) is 5.88 Å². The molecule has 26 heavy (non-hydrogen) atoms. The summed E-state index contributed by atoms with van der Waals surface area (Å²) in [5, 5.41) is 0.589. The van der Waals surface area contributed by atoms with Crippen molar-refractivity contribution in [3.05, 3.63) is 77.4 Å². The topological polar surface area (TPSA) is 57.7 Å². The Morgan fingerprint density at radius 1 is 1.04 bits per heavy atom. The third kappa shape index (κ3) is 4.97. The number of benzene rings is 2. The molecule has 0 fully saturated rings. The summed E-state index contributed by atoms with van der Waals surface area (Å²) in [7, 11) is 0. The number of hydrogen-bond donors (Lipinski definition) is 0. The fourth-order valence-electron chi connectivity index (χ4n) is 2.15. The van der Waals surface area contributed by atoms with Crippen molar-refractivity contribution in [2.45, 2.75) is 6.92 Å². The van der Waals surface area contributed by atoms with Crippen LogP contribution in [0.2, 0.25) is 5.02 Å². The summed E-state index contributed by atoms with van der Waals surface area (Å²) in [6.07, 6.45) is 1.65. The molecule has 1 heterocycles. The van der Waals surface area contributed by atoms with Crippen molar-refractivity contribution in [2.75, 3.05) is 6.61 Å². The van der Waals surface area contributed by atoms with E-state index >= 15 is 0 Å². The van der Waals surface area contributed by atoms with Crippen molar-refractivity contribution in [2.24, 2.45) is 0 Å². The number of rotatable bonds is 6. The third-order valence-corrected chi connectivity index (χ3v) is 3.64. The molecule has 0 aliphatic heterocycles. The van der Waals surface area contributed by atoms with Gasteiger partial charge in [0.25, 0.3) is 0 Å². The smallest absolute Gasteiger partial charge is 0.349 e. The molecule has 3 rings (SSSR count). The van der Waals surface area contributed by atoms with Gasteiger partial charge in [-0.15, -0.1) is 0 Å². The van der Waals surface area contributed by atoms with Crippen LogP contribution in [-0.2, 0) is 4.79 Å². The molecule has 0 saturated carbocycles. The van der Waals surface area contributed by atoms with E-state index in [9.17, 15) is 4.79 Å². The molecule has 3 aromatic rings. The Kier molecular flexibility index (Phi) is 5.71. The van der Waals surface area contributed by atoms with Crippen molar-refractivity contribution in [3.8, 4) is 23.1 Å². The predicted octanol–water partition coefficient (Wildman–Crippen LogP) is 4.82. The summed E-state index contributed by atoms with van der Waals surface area (Å²) < 4.78 is 16.3. The molecule has 0 amide bonds. The van der Waals surface area contributed by atoms with Crippen LogP contribution in [0.3, 0.4) is 0 Å². The van der Waals surface area contributed by atoms with Crippen LogP contribution in [0.1, 0.15) is 5.56 Å². The molecular formula is C20H16ClNO4. The van der Waals surface area contributed by atoms with Crippen LogP contribution in [-0.4, -0.2) is 17.6 Å². The van der Waals surface area contributed by atoms with Gasteiger partial charge in [-0.3, -0.25) is 0 Å². The minimum absolute atomic E-state index is 0.206. The Hall–Kier alpha value is -3.05. The number of carbonyl (C=O) groups excluding carboxylic acids is 1. The summed E-state index contributed by atoms with van der Waals surface area (Å²) >= 11 is 5.88. The quantitative estimate of drug-likeness (QED) is 0.460. The van der Waals surface area contributed by atoms with Gasteiger partial charge < -0.3 is 14.2 Å². The van der Waals surface area contributed by atoms with Gasteiger partial charge in [0, 0.05) is 17.3 Å². The summed E-state index contributed by atoms with van der Waals surface area (Å²) in [6, 6.07) is 17.3. The van der Waals surface area contributed by atoms with Crippen LogP contribution in [0.15, 0.2) is 66.9 Å². The van der Waals surface area contributed by atoms with Crippen molar-refractivity contribution in [3.63, 3.8) is 0 Å². The SMILES string of the molecule is Cc1cc(Cl)ccc1OC(=O)COc1ccc(Oc2ccccn2)cc1. The Morgan fingerprint density at radius 2 is 1.81 bits per heavy atom. The number of nitrogens with zero attached hydrogens (tertiary/aromatic N) is 1. The largest absolute Gasteiger partial charge is 0.482 e. The molecule has 5 nitrogen and oxygen atoms in total. The molecule has 0 N–H and O–H groups in total. The Balaban J connectivity index is 1.52. The zero-order valence-corrected chi connectivity index (χ0v) is 14.8. The summed E-state index contributed by atoms with van der Waals surface area (Å²) in [5.74, 6) is 1.62. The monoisotopic (exact) mass is 369 g/mol. The van der Waals surface area contributed by atoms with Crippen molar-refractivity contribution in [1.82, 2.24) is 4.98 Å². The van der Waals surface area contributed by atoms with Crippen LogP contribution in [0.4, 0.5) is 0 Å². The molecule has 0 aliphatic rings. The van der Waals surface area contributed by atoms with Gasteiger partial charge in [-0.2, -0.15) is 0 Å². The van der Waals surface area contributed by atoms with Gasteiger partial charge in [0.15, 0.2) is 6.61 Å². The van der Waals surface area contributed by atoms with Crippen LogP contribution in [0, 0.1) is 6.92 Å². The second-order valence-electron chi connectivity index (χ2n) is 5.41. The lowest BCUT2D eigenvalue weighted by Gasteiger charge is -2.09. The van der Waals surface area contributed by atoms with Crippen LogP contribution in [0.5, 0.6) is 23.1 Å². The van der Waals surface area contributed by atoms with Gasteiger partial charge in [-0.25, -0.2) is 9.78 Å². The summed E-state index contributed by atoms with van der Waals surface area (Å²) in [6.45, 7) is 1.61.